The highest BCUT2D eigenvalue weighted by molar-refractivity contribution is 7.13. The molecule has 3 N–H and O–H groups in total. The van der Waals surface area contributed by atoms with Crippen LogP contribution in [0.3, 0.4) is 0 Å². The van der Waals surface area contributed by atoms with Gasteiger partial charge in [-0.25, -0.2) is 9.78 Å². The molecule has 1 aliphatic carbocycles. The quantitative estimate of drug-likeness (QED) is 0.794. The first-order valence-corrected chi connectivity index (χ1v) is 7.72. The van der Waals surface area contributed by atoms with E-state index in [0.717, 1.165) is 37.8 Å². The summed E-state index contributed by atoms with van der Waals surface area (Å²) in [6, 6.07) is -0.211. The minimum Gasteiger partial charge on any atom is -0.393 e. The molecule has 0 bridgehead atoms. The van der Waals surface area contributed by atoms with Crippen LogP contribution in [0.4, 0.5) is 9.93 Å². The molecule has 2 rings (SSSR count). The van der Waals surface area contributed by atoms with Crippen molar-refractivity contribution in [1.82, 2.24) is 10.3 Å². The lowest BCUT2D eigenvalue weighted by Gasteiger charge is -2.25. The van der Waals surface area contributed by atoms with Crippen molar-refractivity contribution >= 4 is 22.5 Å². The summed E-state index contributed by atoms with van der Waals surface area (Å²) in [6.45, 7) is 2.65. The molecule has 2 unspecified atom stereocenters. The Bertz CT molecular complexity index is 422. The van der Waals surface area contributed by atoms with Crippen LogP contribution in [0.25, 0.3) is 0 Å². The predicted molar refractivity (Wildman–Crippen MR) is 76.5 cm³/mol. The number of carbonyl (C=O) groups excluding carboxylic acids is 1. The minimum atomic E-state index is -0.211. The second kappa shape index (κ2) is 6.86. The number of carbonyl (C=O) groups is 1. The summed E-state index contributed by atoms with van der Waals surface area (Å²) in [4.78, 5) is 16.0. The largest absolute Gasteiger partial charge is 0.393 e. The van der Waals surface area contributed by atoms with Crippen molar-refractivity contribution in [3.63, 3.8) is 0 Å². The van der Waals surface area contributed by atoms with Crippen LogP contribution in [0.5, 0.6) is 0 Å². The fourth-order valence-electron chi connectivity index (χ4n) is 2.35. The van der Waals surface area contributed by atoms with Gasteiger partial charge in [0.15, 0.2) is 5.13 Å². The number of hydrogen-bond donors (Lipinski definition) is 3. The standard InChI is InChI=1S/C13H21N3O2S/c1-2-10-8-19-13(15-10)16-12(18)14-7-9-4-3-5-11(17)6-9/h8-9,11,17H,2-7H2,1H3,(H2,14,15,16,18). The second-order valence-corrected chi connectivity index (χ2v) is 5.88. The lowest BCUT2D eigenvalue weighted by molar-refractivity contribution is 0.101. The zero-order valence-corrected chi connectivity index (χ0v) is 12.0. The van der Waals surface area contributed by atoms with Gasteiger partial charge in [-0.15, -0.1) is 11.3 Å². The molecular weight excluding hydrogens is 262 g/mol. The zero-order chi connectivity index (χ0) is 13.7. The van der Waals surface area contributed by atoms with Crippen molar-refractivity contribution in [2.45, 2.75) is 45.1 Å². The van der Waals surface area contributed by atoms with Crippen LogP contribution in [0.2, 0.25) is 0 Å². The molecule has 2 amide bonds. The fourth-order valence-corrected chi connectivity index (χ4v) is 3.14. The minimum absolute atomic E-state index is 0.199. The molecule has 1 heterocycles. The molecule has 1 aromatic heterocycles. The van der Waals surface area contributed by atoms with Crippen molar-refractivity contribution in [3.05, 3.63) is 11.1 Å². The van der Waals surface area contributed by atoms with Gasteiger partial charge in [-0.1, -0.05) is 13.3 Å². The van der Waals surface area contributed by atoms with Crippen LogP contribution in [0.15, 0.2) is 5.38 Å². The van der Waals surface area contributed by atoms with E-state index >= 15 is 0 Å². The van der Waals surface area contributed by atoms with E-state index in [1.807, 2.05) is 12.3 Å². The van der Waals surface area contributed by atoms with Crippen LogP contribution >= 0.6 is 11.3 Å². The number of aliphatic hydroxyl groups is 1. The Labute approximate surface area is 117 Å². The zero-order valence-electron chi connectivity index (χ0n) is 11.2. The van der Waals surface area contributed by atoms with Gasteiger partial charge >= 0.3 is 6.03 Å². The molecule has 1 fully saturated rings. The number of thiazole rings is 1. The number of nitrogens with one attached hydrogen (secondary N) is 2. The highest BCUT2D eigenvalue weighted by Gasteiger charge is 2.20. The van der Waals surface area contributed by atoms with Crippen molar-refractivity contribution in [1.29, 1.82) is 0 Å². The first-order valence-electron chi connectivity index (χ1n) is 6.84. The predicted octanol–water partition coefficient (Wildman–Crippen LogP) is 2.38. The number of urea groups is 1. The number of aryl methyl sites for hydroxylation is 1. The van der Waals surface area contributed by atoms with E-state index in [-0.39, 0.29) is 12.1 Å². The molecule has 19 heavy (non-hydrogen) atoms. The molecule has 5 nitrogen and oxygen atoms in total. The normalized spacial score (nSPS) is 23.1. The number of anilines is 1. The SMILES string of the molecule is CCc1csc(NC(=O)NCC2CCCC(O)C2)n1. The first kappa shape index (κ1) is 14.3. The van der Waals surface area contributed by atoms with Crippen LogP contribution < -0.4 is 10.6 Å². The van der Waals surface area contributed by atoms with Gasteiger partial charge in [0.25, 0.3) is 0 Å². The maximum absolute atomic E-state index is 11.7. The number of nitrogens with zero attached hydrogens (tertiary/aromatic N) is 1. The molecule has 0 saturated heterocycles. The van der Waals surface area contributed by atoms with Crippen molar-refractivity contribution < 1.29 is 9.90 Å². The summed E-state index contributed by atoms with van der Waals surface area (Å²) in [5.41, 5.74) is 0.996. The van der Waals surface area contributed by atoms with E-state index in [2.05, 4.69) is 15.6 Å². The first-order chi connectivity index (χ1) is 9.17. The maximum Gasteiger partial charge on any atom is 0.321 e. The van der Waals surface area contributed by atoms with Crippen LogP contribution in [0.1, 0.15) is 38.3 Å². The molecule has 2 atom stereocenters. The van der Waals surface area contributed by atoms with Gasteiger partial charge in [0.1, 0.15) is 0 Å². The number of aliphatic hydroxyl groups excluding tert-OH is 1. The van der Waals surface area contributed by atoms with E-state index in [9.17, 15) is 9.90 Å². The molecule has 0 aromatic carbocycles. The van der Waals surface area contributed by atoms with Gasteiger partial charge in [-0.05, 0) is 31.6 Å². The summed E-state index contributed by atoms with van der Waals surface area (Å²) < 4.78 is 0. The van der Waals surface area contributed by atoms with Gasteiger partial charge in [-0.2, -0.15) is 0 Å². The van der Waals surface area contributed by atoms with Gasteiger partial charge in [0.05, 0.1) is 11.8 Å². The van der Waals surface area contributed by atoms with Gasteiger partial charge in [0.2, 0.25) is 0 Å². The number of hydrogen-bond acceptors (Lipinski definition) is 4. The monoisotopic (exact) mass is 283 g/mol. The summed E-state index contributed by atoms with van der Waals surface area (Å²) in [7, 11) is 0. The van der Waals surface area contributed by atoms with Crippen molar-refractivity contribution in [3.8, 4) is 0 Å². The van der Waals surface area contributed by atoms with E-state index in [1.54, 1.807) is 0 Å². The van der Waals surface area contributed by atoms with E-state index in [0.29, 0.717) is 17.6 Å². The summed E-state index contributed by atoms with van der Waals surface area (Å²) in [5, 5.41) is 17.8. The number of rotatable bonds is 4. The maximum atomic E-state index is 11.7. The third-order valence-electron chi connectivity index (χ3n) is 3.44. The number of aromatic nitrogens is 1. The van der Waals surface area contributed by atoms with Gasteiger partial charge in [-0.3, -0.25) is 5.32 Å². The van der Waals surface area contributed by atoms with E-state index < -0.39 is 0 Å². The highest BCUT2D eigenvalue weighted by atomic mass is 32.1. The molecule has 106 valence electrons. The smallest absolute Gasteiger partial charge is 0.321 e. The third-order valence-corrected chi connectivity index (χ3v) is 4.25. The van der Waals surface area contributed by atoms with Gasteiger partial charge < -0.3 is 10.4 Å². The van der Waals surface area contributed by atoms with Crippen LogP contribution in [-0.4, -0.2) is 28.8 Å². The summed E-state index contributed by atoms with van der Waals surface area (Å²) in [6.07, 6.45) is 4.48. The van der Waals surface area contributed by atoms with Crippen molar-refractivity contribution in [2.75, 3.05) is 11.9 Å². The summed E-state index contributed by atoms with van der Waals surface area (Å²) in [5.74, 6) is 0.386. The van der Waals surface area contributed by atoms with Crippen LogP contribution in [0, 0.1) is 5.92 Å². The lowest BCUT2D eigenvalue weighted by atomic mass is 9.87. The van der Waals surface area contributed by atoms with E-state index in [1.165, 1.54) is 11.3 Å². The third kappa shape index (κ3) is 4.47. The molecule has 0 aliphatic heterocycles. The fraction of sp³-hybridized carbons (Fsp3) is 0.692. The Hall–Kier alpha value is -1.14. The Kier molecular flexibility index (Phi) is 5.15. The highest BCUT2D eigenvalue weighted by Crippen LogP contribution is 2.23. The Morgan fingerprint density at radius 2 is 2.42 bits per heavy atom. The van der Waals surface area contributed by atoms with E-state index in [4.69, 9.17) is 0 Å². The molecule has 1 aromatic rings. The molecule has 1 aliphatic rings. The number of amides is 2. The Balaban J connectivity index is 1.72. The average molecular weight is 283 g/mol. The molecule has 6 heteroatoms. The second-order valence-electron chi connectivity index (χ2n) is 5.02. The molecule has 1 saturated carbocycles. The van der Waals surface area contributed by atoms with Crippen molar-refractivity contribution in [2.24, 2.45) is 5.92 Å². The lowest BCUT2D eigenvalue weighted by Crippen LogP contribution is -2.35. The van der Waals surface area contributed by atoms with Gasteiger partial charge in [0, 0.05) is 11.9 Å². The topological polar surface area (TPSA) is 74.2 Å². The molecule has 0 spiro atoms. The molecular formula is C13H21N3O2S. The summed E-state index contributed by atoms with van der Waals surface area (Å²) >= 11 is 1.44. The van der Waals surface area contributed by atoms with Crippen LogP contribution in [-0.2, 0) is 6.42 Å². The Morgan fingerprint density at radius 1 is 1.58 bits per heavy atom. The average Bonchev–Trinajstić information content (AvgIpc) is 2.84. The Morgan fingerprint density at radius 3 is 3.11 bits per heavy atom. The molecule has 0 radical (unpaired) electrons.